The van der Waals surface area contributed by atoms with Crippen molar-refractivity contribution in [1.82, 2.24) is 15.0 Å². The lowest BCUT2D eigenvalue weighted by Crippen LogP contribution is -2.12. The molecule has 1 heterocycles. The van der Waals surface area contributed by atoms with E-state index in [1.165, 1.54) is 18.0 Å². The molecule has 1 atom stereocenters. The number of esters is 1. The summed E-state index contributed by atoms with van der Waals surface area (Å²) in [5.41, 5.74) is 0.142. The molecule has 6 heteroatoms. The monoisotopic (exact) mass is 185 g/mol. The SMILES string of the molecule is COC(=O)c1cn(C[C@@H](C)O)nn1. The van der Waals surface area contributed by atoms with Crippen LogP contribution in [0.5, 0.6) is 0 Å². The van der Waals surface area contributed by atoms with Crippen molar-refractivity contribution >= 4 is 5.97 Å². The molecule has 6 nitrogen and oxygen atoms in total. The van der Waals surface area contributed by atoms with Crippen molar-refractivity contribution in [2.45, 2.75) is 19.6 Å². The fourth-order valence-corrected chi connectivity index (χ4v) is 0.856. The first-order chi connectivity index (χ1) is 6.13. The standard InChI is InChI=1S/C7H11N3O3/c1-5(11)3-10-4-6(8-9-10)7(12)13-2/h4-5,11H,3H2,1-2H3/t5-/m1/s1. The maximum Gasteiger partial charge on any atom is 0.360 e. The van der Waals surface area contributed by atoms with Crippen LogP contribution in [-0.4, -0.2) is 39.3 Å². The molecule has 1 aromatic rings. The molecule has 0 saturated heterocycles. The van der Waals surface area contributed by atoms with Gasteiger partial charge in [-0.15, -0.1) is 5.10 Å². The van der Waals surface area contributed by atoms with Gasteiger partial charge in [0.05, 0.1) is 26.0 Å². The van der Waals surface area contributed by atoms with E-state index in [0.717, 1.165) is 0 Å². The minimum Gasteiger partial charge on any atom is -0.464 e. The molecule has 0 spiro atoms. The number of aliphatic hydroxyl groups excluding tert-OH is 1. The van der Waals surface area contributed by atoms with E-state index in [0.29, 0.717) is 6.54 Å². The number of rotatable bonds is 3. The van der Waals surface area contributed by atoms with Crippen molar-refractivity contribution in [3.8, 4) is 0 Å². The summed E-state index contributed by atoms with van der Waals surface area (Å²) in [5, 5.41) is 16.2. The topological polar surface area (TPSA) is 77.2 Å². The predicted molar refractivity (Wildman–Crippen MR) is 43.0 cm³/mol. The third kappa shape index (κ3) is 2.51. The molecule has 13 heavy (non-hydrogen) atoms. The number of ether oxygens (including phenoxy) is 1. The third-order valence-corrected chi connectivity index (χ3v) is 1.38. The molecule has 0 aliphatic carbocycles. The smallest absolute Gasteiger partial charge is 0.360 e. The zero-order valence-electron chi connectivity index (χ0n) is 7.47. The molecule has 0 saturated carbocycles. The second kappa shape index (κ2) is 3.99. The molecule has 1 rings (SSSR count). The van der Waals surface area contributed by atoms with E-state index in [1.54, 1.807) is 6.92 Å². The van der Waals surface area contributed by atoms with E-state index in [4.69, 9.17) is 5.11 Å². The number of methoxy groups -OCH3 is 1. The molecule has 0 aliphatic heterocycles. The number of aliphatic hydroxyl groups is 1. The minimum absolute atomic E-state index is 0.142. The maximum atomic E-state index is 10.9. The zero-order chi connectivity index (χ0) is 9.84. The van der Waals surface area contributed by atoms with Crippen LogP contribution >= 0.6 is 0 Å². The highest BCUT2D eigenvalue weighted by Crippen LogP contribution is 1.96. The van der Waals surface area contributed by atoms with E-state index < -0.39 is 12.1 Å². The van der Waals surface area contributed by atoms with Crippen molar-refractivity contribution in [3.05, 3.63) is 11.9 Å². The van der Waals surface area contributed by atoms with Crippen LogP contribution < -0.4 is 0 Å². The van der Waals surface area contributed by atoms with Crippen molar-refractivity contribution < 1.29 is 14.6 Å². The van der Waals surface area contributed by atoms with E-state index >= 15 is 0 Å². The first-order valence-electron chi connectivity index (χ1n) is 3.80. The molecule has 72 valence electrons. The number of nitrogens with zero attached hydrogens (tertiary/aromatic N) is 3. The Bertz CT molecular complexity index is 295. The van der Waals surface area contributed by atoms with E-state index in [-0.39, 0.29) is 5.69 Å². The summed E-state index contributed by atoms with van der Waals surface area (Å²) >= 11 is 0. The van der Waals surface area contributed by atoms with Gasteiger partial charge in [-0.2, -0.15) is 0 Å². The summed E-state index contributed by atoms with van der Waals surface area (Å²) in [7, 11) is 1.27. The van der Waals surface area contributed by atoms with Gasteiger partial charge in [0.1, 0.15) is 0 Å². The van der Waals surface area contributed by atoms with E-state index in [2.05, 4.69) is 15.0 Å². The van der Waals surface area contributed by atoms with Crippen LogP contribution in [0.25, 0.3) is 0 Å². The molecule has 0 radical (unpaired) electrons. The molecule has 0 bridgehead atoms. The lowest BCUT2D eigenvalue weighted by Gasteiger charge is -2.00. The number of hydrogen-bond donors (Lipinski definition) is 1. The lowest BCUT2D eigenvalue weighted by molar-refractivity contribution is 0.0593. The van der Waals surface area contributed by atoms with Gasteiger partial charge in [0.25, 0.3) is 0 Å². The number of aromatic nitrogens is 3. The second-order valence-corrected chi connectivity index (χ2v) is 2.67. The first-order valence-corrected chi connectivity index (χ1v) is 3.80. The van der Waals surface area contributed by atoms with Gasteiger partial charge < -0.3 is 9.84 Å². The second-order valence-electron chi connectivity index (χ2n) is 2.67. The molecular formula is C7H11N3O3. The molecule has 0 fully saturated rings. The Kier molecular flexibility index (Phi) is 2.97. The first kappa shape index (κ1) is 9.66. The number of carbonyl (C=O) groups excluding carboxylic acids is 1. The van der Waals surface area contributed by atoms with Crippen molar-refractivity contribution in [2.24, 2.45) is 0 Å². The Labute approximate surface area is 75.1 Å². The minimum atomic E-state index is -0.531. The fourth-order valence-electron chi connectivity index (χ4n) is 0.856. The highest BCUT2D eigenvalue weighted by Gasteiger charge is 2.10. The summed E-state index contributed by atoms with van der Waals surface area (Å²) in [4.78, 5) is 10.9. The molecular weight excluding hydrogens is 174 g/mol. The Morgan fingerprint density at radius 2 is 2.54 bits per heavy atom. The Morgan fingerprint density at radius 1 is 1.85 bits per heavy atom. The van der Waals surface area contributed by atoms with Crippen LogP contribution in [0, 0.1) is 0 Å². The van der Waals surface area contributed by atoms with Gasteiger partial charge >= 0.3 is 5.97 Å². The highest BCUT2D eigenvalue weighted by molar-refractivity contribution is 5.86. The molecule has 1 aromatic heterocycles. The summed E-state index contributed by atoms with van der Waals surface area (Å²) < 4.78 is 5.82. The van der Waals surface area contributed by atoms with Gasteiger partial charge in [0.15, 0.2) is 5.69 Å². The van der Waals surface area contributed by atoms with Crippen LogP contribution in [0.3, 0.4) is 0 Å². The average Bonchev–Trinajstić information content (AvgIpc) is 2.50. The van der Waals surface area contributed by atoms with Gasteiger partial charge in [0.2, 0.25) is 0 Å². The fraction of sp³-hybridized carbons (Fsp3) is 0.571. The molecule has 0 unspecified atom stereocenters. The van der Waals surface area contributed by atoms with Crippen LogP contribution in [0.15, 0.2) is 6.20 Å². The van der Waals surface area contributed by atoms with Crippen LogP contribution in [0.1, 0.15) is 17.4 Å². The van der Waals surface area contributed by atoms with Crippen molar-refractivity contribution in [1.29, 1.82) is 0 Å². The Balaban J connectivity index is 2.69. The van der Waals surface area contributed by atoms with Gasteiger partial charge in [-0.3, -0.25) is 0 Å². The van der Waals surface area contributed by atoms with E-state index in [1.807, 2.05) is 0 Å². The predicted octanol–water partition coefficient (Wildman–Crippen LogP) is -0.555. The molecule has 0 aliphatic rings. The Hall–Kier alpha value is -1.43. The summed E-state index contributed by atoms with van der Waals surface area (Å²) in [6, 6.07) is 0. The molecule has 0 amide bonds. The van der Waals surface area contributed by atoms with E-state index in [9.17, 15) is 4.79 Å². The zero-order valence-corrected chi connectivity index (χ0v) is 7.47. The van der Waals surface area contributed by atoms with Gasteiger partial charge in [0, 0.05) is 0 Å². The largest absolute Gasteiger partial charge is 0.464 e. The normalized spacial score (nSPS) is 12.5. The summed E-state index contributed by atoms with van der Waals surface area (Å²) in [5.74, 6) is -0.531. The summed E-state index contributed by atoms with van der Waals surface area (Å²) in [6.07, 6.45) is 0.908. The maximum absolute atomic E-state index is 10.9. The van der Waals surface area contributed by atoms with Gasteiger partial charge in [-0.05, 0) is 6.92 Å². The van der Waals surface area contributed by atoms with Crippen LogP contribution in [-0.2, 0) is 11.3 Å². The van der Waals surface area contributed by atoms with Gasteiger partial charge in [-0.1, -0.05) is 5.21 Å². The third-order valence-electron chi connectivity index (χ3n) is 1.38. The number of hydrogen-bond acceptors (Lipinski definition) is 5. The van der Waals surface area contributed by atoms with Crippen LogP contribution in [0.4, 0.5) is 0 Å². The van der Waals surface area contributed by atoms with Crippen molar-refractivity contribution in [3.63, 3.8) is 0 Å². The average molecular weight is 185 g/mol. The number of carbonyl (C=O) groups is 1. The molecule has 0 aromatic carbocycles. The van der Waals surface area contributed by atoms with Crippen molar-refractivity contribution in [2.75, 3.05) is 7.11 Å². The van der Waals surface area contributed by atoms with Gasteiger partial charge in [-0.25, -0.2) is 9.48 Å². The quantitative estimate of drug-likeness (QED) is 0.639. The summed E-state index contributed by atoms with van der Waals surface area (Å²) in [6.45, 7) is 1.93. The Morgan fingerprint density at radius 3 is 3.08 bits per heavy atom. The lowest BCUT2D eigenvalue weighted by atomic mass is 10.4. The molecule has 1 N–H and O–H groups in total. The van der Waals surface area contributed by atoms with Crippen LogP contribution in [0.2, 0.25) is 0 Å². The highest BCUT2D eigenvalue weighted by atomic mass is 16.5.